The van der Waals surface area contributed by atoms with Crippen LogP contribution in [-0.4, -0.2) is 41.9 Å². The fraction of sp³-hybridized carbons (Fsp3) is 0.778. The quantitative estimate of drug-likeness (QED) is 0.616. The number of primary amides is 1. The smallest absolute Gasteiger partial charge is 0.234 e. The SMILES string of the molecule is CC1CNC(=O)CN1C(C)CC(N)=O. The molecule has 5 nitrogen and oxygen atoms in total. The van der Waals surface area contributed by atoms with Gasteiger partial charge in [-0.05, 0) is 13.8 Å². The first kappa shape index (κ1) is 11.0. The summed E-state index contributed by atoms with van der Waals surface area (Å²) in [6.07, 6.45) is 0.303. The van der Waals surface area contributed by atoms with Gasteiger partial charge in [0, 0.05) is 25.0 Å². The molecule has 1 saturated heterocycles. The van der Waals surface area contributed by atoms with Crippen LogP contribution in [0.3, 0.4) is 0 Å². The van der Waals surface area contributed by atoms with Crippen LogP contribution in [0.5, 0.6) is 0 Å². The molecule has 0 aromatic carbocycles. The largest absolute Gasteiger partial charge is 0.370 e. The lowest BCUT2D eigenvalue weighted by Gasteiger charge is -2.37. The van der Waals surface area contributed by atoms with Crippen LogP contribution in [0, 0.1) is 0 Å². The molecular weight excluding hydrogens is 182 g/mol. The molecule has 0 radical (unpaired) electrons. The molecule has 0 aromatic heterocycles. The molecule has 80 valence electrons. The van der Waals surface area contributed by atoms with Gasteiger partial charge in [0.15, 0.2) is 0 Å². The minimum atomic E-state index is -0.323. The van der Waals surface area contributed by atoms with E-state index in [1.54, 1.807) is 0 Å². The zero-order valence-electron chi connectivity index (χ0n) is 8.62. The Balaban J connectivity index is 2.55. The van der Waals surface area contributed by atoms with Crippen molar-refractivity contribution >= 4 is 11.8 Å². The van der Waals surface area contributed by atoms with E-state index in [0.717, 1.165) is 0 Å². The zero-order valence-corrected chi connectivity index (χ0v) is 8.62. The minimum Gasteiger partial charge on any atom is -0.370 e. The van der Waals surface area contributed by atoms with Crippen LogP contribution < -0.4 is 11.1 Å². The Kier molecular flexibility index (Phi) is 3.46. The minimum absolute atomic E-state index is 0.0134. The second kappa shape index (κ2) is 4.41. The second-order valence-electron chi connectivity index (χ2n) is 3.84. The fourth-order valence-corrected chi connectivity index (χ4v) is 1.76. The highest BCUT2D eigenvalue weighted by Gasteiger charge is 2.27. The Morgan fingerprint density at radius 1 is 1.79 bits per heavy atom. The van der Waals surface area contributed by atoms with E-state index in [1.165, 1.54) is 0 Å². The molecule has 0 aromatic rings. The third kappa shape index (κ3) is 2.70. The van der Waals surface area contributed by atoms with Crippen LogP contribution in [-0.2, 0) is 9.59 Å². The van der Waals surface area contributed by atoms with Gasteiger partial charge in [-0.1, -0.05) is 0 Å². The molecule has 0 spiro atoms. The first-order chi connectivity index (χ1) is 6.50. The van der Waals surface area contributed by atoms with Crippen LogP contribution in [0.25, 0.3) is 0 Å². The number of carbonyl (C=O) groups excluding carboxylic acids is 2. The number of hydrogen-bond acceptors (Lipinski definition) is 3. The highest BCUT2D eigenvalue weighted by Crippen LogP contribution is 2.10. The van der Waals surface area contributed by atoms with Crippen molar-refractivity contribution in [3.8, 4) is 0 Å². The molecular formula is C9H17N3O2. The predicted molar refractivity (Wildman–Crippen MR) is 52.5 cm³/mol. The van der Waals surface area contributed by atoms with Crippen LogP contribution >= 0.6 is 0 Å². The molecule has 14 heavy (non-hydrogen) atoms. The maximum absolute atomic E-state index is 11.1. The normalized spacial score (nSPS) is 25.6. The molecule has 2 atom stereocenters. The summed E-state index contributed by atoms with van der Waals surface area (Å²) >= 11 is 0. The summed E-state index contributed by atoms with van der Waals surface area (Å²) in [4.78, 5) is 23.9. The van der Waals surface area contributed by atoms with Crippen molar-refractivity contribution in [1.29, 1.82) is 0 Å². The molecule has 2 amide bonds. The van der Waals surface area contributed by atoms with Gasteiger partial charge in [-0.25, -0.2) is 0 Å². The third-order valence-electron chi connectivity index (χ3n) is 2.55. The van der Waals surface area contributed by atoms with Gasteiger partial charge >= 0.3 is 0 Å². The van der Waals surface area contributed by atoms with Gasteiger partial charge in [0.2, 0.25) is 11.8 Å². The molecule has 0 aliphatic carbocycles. The van der Waals surface area contributed by atoms with Gasteiger partial charge in [0.25, 0.3) is 0 Å². The van der Waals surface area contributed by atoms with E-state index in [2.05, 4.69) is 5.32 Å². The lowest BCUT2D eigenvalue weighted by Crippen LogP contribution is -2.56. The summed E-state index contributed by atoms with van der Waals surface area (Å²) in [7, 11) is 0. The number of carbonyl (C=O) groups is 2. The summed E-state index contributed by atoms with van der Waals surface area (Å²) in [5.41, 5.74) is 5.11. The molecule has 1 aliphatic heterocycles. The second-order valence-corrected chi connectivity index (χ2v) is 3.84. The first-order valence-electron chi connectivity index (χ1n) is 4.81. The Labute approximate surface area is 83.6 Å². The van der Waals surface area contributed by atoms with Crippen LogP contribution in [0.4, 0.5) is 0 Å². The Bertz CT molecular complexity index is 242. The van der Waals surface area contributed by atoms with E-state index < -0.39 is 0 Å². The molecule has 0 bridgehead atoms. The zero-order chi connectivity index (χ0) is 10.7. The highest BCUT2D eigenvalue weighted by atomic mass is 16.2. The van der Waals surface area contributed by atoms with Crippen molar-refractivity contribution in [1.82, 2.24) is 10.2 Å². The lowest BCUT2D eigenvalue weighted by atomic mass is 10.1. The monoisotopic (exact) mass is 199 g/mol. The fourth-order valence-electron chi connectivity index (χ4n) is 1.76. The van der Waals surface area contributed by atoms with Crippen molar-refractivity contribution in [2.45, 2.75) is 32.4 Å². The Hall–Kier alpha value is -1.10. The molecule has 0 saturated carbocycles. The van der Waals surface area contributed by atoms with Gasteiger partial charge in [0.05, 0.1) is 6.54 Å². The average Bonchev–Trinajstić information content (AvgIpc) is 2.08. The number of hydrogen-bond donors (Lipinski definition) is 2. The summed E-state index contributed by atoms with van der Waals surface area (Å²) in [5.74, 6) is -0.310. The molecule has 2 unspecified atom stereocenters. The Morgan fingerprint density at radius 3 is 3.00 bits per heavy atom. The van der Waals surface area contributed by atoms with E-state index in [1.807, 2.05) is 18.7 Å². The van der Waals surface area contributed by atoms with E-state index in [4.69, 9.17) is 5.73 Å². The van der Waals surface area contributed by atoms with Crippen LogP contribution in [0.1, 0.15) is 20.3 Å². The summed E-state index contributed by atoms with van der Waals surface area (Å²) in [5, 5.41) is 2.77. The van der Waals surface area contributed by atoms with Crippen molar-refractivity contribution in [2.75, 3.05) is 13.1 Å². The first-order valence-corrected chi connectivity index (χ1v) is 4.81. The highest BCUT2D eigenvalue weighted by molar-refractivity contribution is 5.79. The number of nitrogens with zero attached hydrogens (tertiary/aromatic N) is 1. The van der Waals surface area contributed by atoms with Crippen LogP contribution in [0.2, 0.25) is 0 Å². The van der Waals surface area contributed by atoms with Gasteiger partial charge in [-0.3, -0.25) is 14.5 Å². The van der Waals surface area contributed by atoms with Crippen molar-refractivity contribution in [3.05, 3.63) is 0 Å². The van der Waals surface area contributed by atoms with E-state index in [9.17, 15) is 9.59 Å². The van der Waals surface area contributed by atoms with E-state index in [-0.39, 0.29) is 23.9 Å². The summed E-state index contributed by atoms with van der Waals surface area (Å²) < 4.78 is 0. The van der Waals surface area contributed by atoms with Crippen molar-refractivity contribution in [3.63, 3.8) is 0 Å². The van der Waals surface area contributed by atoms with Crippen LogP contribution in [0.15, 0.2) is 0 Å². The number of piperazine rings is 1. The molecule has 3 N–H and O–H groups in total. The molecule has 1 fully saturated rings. The van der Waals surface area contributed by atoms with Crippen molar-refractivity contribution < 1.29 is 9.59 Å². The molecule has 1 heterocycles. The molecule has 5 heteroatoms. The van der Waals surface area contributed by atoms with Gasteiger partial charge in [-0.15, -0.1) is 0 Å². The average molecular weight is 199 g/mol. The Morgan fingerprint density at radius 2 is 2.43 bits per heavy atom. The molecule has 1 rings (SSSR count). The third-order valence-corrected chi connectivity index (χ3v) is 2.55. The topological polar surface area (TPSA) is 75.4 Å². The van der Waals surface area contributed by atoms with E-state index >= 15 is 0 Å². The predicted octanol–water partition coefficient (Wildman–Crippen LogP) is -0.929. The number of rotatable bonds is 3. The number of amides is 2. The van der Waals surface area contributed by atoms with E-state index in [0.29, 0.717) is 19.5 Å². The van der Waals surface area contributed by atoms with Gasteiger partial charge in [-0.2, -0.15) is 0 Å². The van der Waals surface area contributed by atoms with Crippen molar-refractivity contribution in [2.24, 2.45) is 5.73 Å². The summed E-state index contributed by atoms with van der Waals surface area (Å²) in [6.45, 7) is 4.94. The summed E-state index contributed by atoms with van der Waals surface area (Å²) in [6, 6.07) is 0.301. The van der Waals surface area contributed by atoms with Gasteiger partial charge in [0.1, 0.15) is 0 Å². The number of nitrogens with one attached hydrogen (secondary N) is 1. The van der Waals surface area contributed by atoms with Gasteiger partial charge < -0.3 is 11.1 Å². The number of nitrogens with two attached hydrogens (primary N) is 1. The maximum Gasteiger partial charge on any atom is 0.234 e. The standard InChI is InChI=1S/C9H17N3O2/c1-6(3-8(10)13)12-5-9(14)11-4-7(12)2/h6-7H,3-5H2,1-2H3,(H2,10,13)(H,11,14). The molecule has 1 aliphatic rings. The lowest BCUT2D eigenvalue weighted by molar-refractivity contribution is -0.128. The maximum atomic E-state index is 11.1.